The van der Waals surface area contributed by atoms with Crippen LogP contribution < -0.4 is 5.32 Å². The number of rotatable bonds is 3. The molecule has 1 aliphatic carbocycles. The van der Waals surface area contributed by atoms with Crippen molar-refractivity contribution in [3.8, 4) is 0 Å². The van der Waals surface area contributed by atoms with Gasteiger partial charge in [0.2, 0.25) is 5.91 Å². The van der Waals surface area contributed by atoms with Gasteiger partial charge in [0.05, 0.1) is 12.1 Å². The summed E-state index contributed by atoms with van der Waals surface area (Å²) in [5, 5.41) is 2.69. The van der Waals surface area contributed by atoms with Gasteiger partial charge in [-0.25, -0.2) is 8.78 Å². The number of halogens is 2. The summed E-state index contributed by atoms with van der Waals surface area (Å²) in [5.74, 6) is -2.08. The van der Waals surface area contributed by atoms with Gasteiger partial charge in [0, 0.05) is 24.5 Å². The van der Waals surface area contributed by atoms with Crippen LogP contribution in [0.1, 0.15) is 50.0 Å². The van der Waals surface area contributed by atoms with Gasteiger partial charge in [-0.2, -0.15) is 0 Å². The van der Waals surface area contributed by atoms with Crippen LogP contribution in [0.2, 0.25) is 0 Å². The topological polar surface area (TPSA) is 65.2 Å². The van der Waals surface area contributed by atoms with Crippen LogP contribution in [0.4, 0.5) is 8.78 Å². The number of piperidine rings is 1. The molecule has 2 heterocycles. The average molecular weight is 377 g/mol. The maximum absolute atomic E-state index is 13.7. The molecule has 1 aromatic heterocycles. The highest BCUT2D eigenvalue weighted by molar-refractivity contribution is 5.99. The molecule has 2 aliphatic rings. The van der Waals surface area contributed by atoms with Crippen molar-refractivity contribution in [2.75, 3.05) is 19.6 Å². The van der Waals surface area contributed by atoms with Crippen molar-refractivity contribution in [2.24, 2.45) is 5.41 Å². The Kier molecular flexibility index (Phi) is 5.48. The standard InChI is InChI=1S/C18H19F2N3O2.C2H6/c19-11-7-13(20)12-9-15(22-14(12)8-11)17(25)21-10-16(24)23-5-3-18(1-2-18)4-6-23;1-2/h7-9,22H,1-6,10H2,(H,21,25);1-2H3. The fourth-order valence-corrected chi connectivity index (χ4v) is 3.55. The molecule has 1 spiro atoms. The Morgan fingerprint density at radius 2 is 1.78 bits per heavy atom. The van der Waals surface area contributed by atoms with Crippen molar-refractivity contribution < 1.29 is 18.4 Å². The second kappa shape index (κ2) is 7.66. The van der Waals surface area contributed by atoms with E-state index in [1.54, 1.807) is 4.90 Å². The minimum Gasteiger partial charge on any atom is -0.350 e. The summed E-state index contributed by atoms with van der Waals surface area (Å²) in [5.41, 5.74) is 0.798. The molecule has 0 radical (unpaired) electrons. The Labute approximate surface area is 157 Å². The molecular formula is C20H25F2N3O2. The molecule has 5 nitrogen and oxygen atoms in total. The van der Waals surface area contributed by atoms with Crippen LogP contribution in [0.25, 0.3) is 10.9 Å². The first-order chi connectivity index (χ1) is 13.0. The molecule has 0 atom stereocenters. The number of carbonyl (C=O) groups excluding carboxylic acids is 2. The Bertz CT molecular complexity index is 848. The van der Waals surface area contributed by atoms with Gasteiger partial charge in [-0.15, -0.1) is 0 Å². The number of amides is 2. The number of carbonyl (C=O) groups is 2. The highest BCUT2D eigenvalue weighted by Gasteiger charge is 2.44. The number of nitrogens with one attached hydrogen (secondary N) is 2. The number of hydrogen-bond donors (Lipinski definition) is 2. The molecule has 7 heteroatoms. The highest BCUT2D eigenvalue weighted by Crippen LogP contribution is 2.53. The monoisotopic (exact) mass is 377 g/mol. The number of nitrogens with zero attached hydrogens (tertiary/aromatic N) is 1. The van der Waals surface area contributed by atoms with E-state index in [0.717, 1.165) is 38.1 Å². The maximum atomic E-state index is 13.7. The summed E-state index contributed by atoms with van der Waals surface area (Å²) in [4.78, 5) is 28.9. The zero-order valence-corrected chi connectivity index (χ0v) is 15.7. The van der Waals surface area contributed by atoms with Crippen LogP contribution in [0, 0.1) is 17.0 Å². The van der Waals surface area contributed by atoms with Crippen LogP contribution in [-0.2, 0) is 4.79 Å². The van der Waals surface area contributed by atoms with Crippen molar-refractivity contribution in [1.29, 1.82) is 0 Å². The molecule has 1 aromatic carbocycles. The summed E-state index contributed by atoms with van der Waals surface area (Å²) < 4.78 is 26.9. The number of benzene rings is 1. The Morgan fingerprint density at radius 1 is 1.11 bits per heavy atom. The van der Waals surface area contributed by atoms with Gasteiger partial charge in [-0.3, -0.25) is 9.59 Å². The lowest BCUT2D eigenvalue weighted by Gasteiger charge is -2.32. The van der Waals surface area contributed by atoms with Crippen LogP contribution in [0.15, 0.2) is 18.2 Å². The van der Waals surface area contributed by atoms with E-state index >= 15 is 0 Å². The number of fused-ring (bicyclic) bond motifs is 1. The van der Waals surface area contributed by atoms with E-state index in [2.05, 4.69) is 10.3 Å². The minimum absolute atomic E-state index is 0.0992. The van der Waals surface area contributed by atoms with E-state index < -0.39 is 17.5 Å². The molecular weight excluding hydrogens is 352 g/mol. The first-order valence-electron chi connectivity index (χ1n) is 9.50. The molecule has 0 unspecified atom stereocenters. The second-order valence-corrected chi connectivity index (χ2v) is 7.10. The largest absolute Gasteiger partial charge is 0.350 e. The Hall–Kier alpha value is -2.44. The van der Waals surface area contributed by atoms with E-state index in [4.69, 9.17) is 0 Å². The van der Waals surface area contributed by atoms with Crippen LogP contribution in [-0.4, -0.2) is 41.3 Å². The quantitative estimate of drug-likeness (QED) is 0.858. The molecule has 2 fully saturated rings. The molecule has 1 saturated heterocycles. The molecule has 0 bridgehead atoms. The molecule has 1 aliphatic heterocycles. The van der Waals surface area contributed by atoms with Crippen molar-refractivity contribution >= 4 is 22.7 Å². The van der Waals surface area contributed by atoms with Gasteiger partial charge < -0.3 is 15.2 Å². The molecule has 1 saturated carbocycles. The maximum Gasteiger partial charge on any atom is 0.268 e. The number of aromatic amines is 1. The van der Waals surface area contributed by atoms with Crippen molar-refractivity contribution in [1.82, 2.24) is 15.2 Å². The zero-order chi connectivity index (χ0) is 19.6. The van der Waals surface area contributed by atoms with E-state index in [9.17, 15) is 18.4 Å². The molecule has 2 amide bonds. The van der Waals surface area contributed by atoms with Crippen LogP contribution in [0.3, 0.4) is 0 Å². The van der Waals surface area contributed by atoms with Gasteiger partial charge in [-0.1, -0.05) is 13.8 Å². The predicted octanol–water partition coefficient (Wildman–Crippen LogP) is 3.60. The lowest BCUT2D eigenvalue weighted by atomic mass is 9.94. The molecule has 2 N–H and O–H groups in total. The summed E-state index contributed by atoms with van der Waals surface area (Å²) in [6.07, 6.45) is 4.62. The average Bonchev–Trinajstić information content (AvgIpc) is 3.27. The van der Waals surface area contributed by atoms with Crippen molar-refractivity contribution in [3.05, 3.63) is 35.5 Å². The van der Waals surface area contributed by atoms with E-state index in [-0.39, 0.29) is 29.0 Å². The van der Waals surface area contributed by atoms with Crippen molar-refractivity contribution in [2.45, 2.75) is 39.5 Å². The van der Waals surface area contributed by atoms with Gasteiger partial charge in [0.25, 0.3) is 5.91 Å². The van der Waals surface area contributed by atoms with Gasteiger partial charge >= 0.3 is 0 Å². The van der Waals surface area contributed by atoms with Crippen LogP contribution >= 0.6 is 0 Å². The zero-order valence-electron chi connectivity index (χ0n) is 15.7. The van der Waals surface area contributed by atoms with Crippen LogP contribution in [0.5, 0.6) is 0 Å². The second-order valence-electron chi connectivity index (χ2n) is 7.10. The summed E-state index contributed by atoms with van der Waals surface area (Å²) >= 11 is 0. The molecule has 27 heavy (non-hydrogen) atoms. The third-order valence-corrected chi connectivity index (χ3v) is 5.43. The smallest absolute Gasteiger partial charge is 0.268 e. The lowest BCUT2D eigenvalue weighted by molar-refractivity contribution is -0.131. The third kappa shape index (κ3) is 4.12. The Balaban J connectivity index is 0.00000102. The summed E-state index contributed by atoms with van der Waals surface area (Å²) in [6, 6.07) is 3.22. The van der Waals surface area contributed by atoms with Gasteiger partial charge in [-0.05, 0) is 43.2 Å². The third-order valence-electron chi connectivity index (χ3n) is 5.43. The number of aromatic nitrogens is 1. The van der Waals surface area contributed by atoms with E-state index in [1.807, 2.05) is 13.8 Å². The molecule has 146 valence electrons. The van der Waals surface area contributed by atoms with E-state index in [0.29, 0.717) is 5.41 Å². The number of H-pyrrole nitrogens is 1. The summed E-state index contributed by atoms with van der Waals surface area (Å²) in [7, 11) is 0. The lowest BCUT2D eigenvalue weighted by Crippen LogP contribution is -2.44. The first-order valence-corrected chi connectivity index (χ1v) is 9.50. The predicted molar refractivity (Wildman–Crippen MR) is 99.4 cm³/mol. The molecule has 4 rings (SSSR count). The van der Waals surface area contributed by atoms with Crippen molar-refractivity contribution in [3.63, 3.8) is 0 Å². The van der Waals surface area contributed by atoms with Gasteiger partial charge in [0.15, 0.2) is 0 Å². The molecule has 2 aromatic rings. The van der Waals surface area contributed by atoms with Gasteiger partial charge in [0.1, 0.15) is 17.3 Å². The minimum atomic E-state index is -0.733. The number of likely N-dealkylation sites (tertiary alicyclic amines) is 1. The normalized spacial score (nSPS) is 17.4. The SMILES string of the molecule is CC.O=C(NCC(=O)N1CCC2(CC1)CC2)c1cc2c(F)cc(F)cc2[nH]1. The number of hydrogen-bond acceptors (Lipinski definition) is 2. The fourth-order valence-electron chi connectivity index (χ4n) is 3.55. The first kappa shape index (κ1) is 19.3. The Morgan fingerprint density at radius 3 is 2.41 bits per heavy atom. The van der Waals surface area contributed by atoms with E-state index in [1.165, 1.54) is 18.9 Å². The fraction of sp³-hybridized carbons (Fsp3) is 0.500. The highest BCUT2D eigenvalue weighted by atomic mass is 19.1. The summed E-state index contributed by atoms with van der Waals surface area (Å²) in [6.45, 7) is 5.38.